The standard InChI is InChI=1S/C24H23F3N2O/c25-24(26,27)19-3-5-22-21(12-19)18(13-28-22)14-29-9-7-15(8-10-29)16-1-4-20-17(11-16)2-6-23(20)30/h1,3-5,11-13,15,28H,2,6-10,14H2. The third-order valence-corrected chi connectivity index (χ3v) is 6.60. The number of likely N-dealkylation sites (tertiary alicyclic amines) is 1. The summed E-state index contributed by atoms with van der Waals surface area (Å²) in [4.78, 5) is 17.3. The molecule has 0 bridgehead atoms. The number of halogens is 3. The molecule has 0 atom stereocenters. The Labute approximate surface area is 172 Å². The van der Waals surface area contributed by atoms with Crippen molar-refractivity contribution in [3.8, 4) is 0 Å². The van der Waals surface area contributed by atoms with E-state index in [-0.39, 0.29) is 5.78 Å². The van der Waals surface area contributed by atoms with Gasteiger partial charge in [-0.3, -0.25) is 9.69 Å². The van der Waals surface area contributed by atoms with Crippen molar-refractivity contribution in [2.45, 2.75) is 44.3 Å². The number of alkyl halides is 3. The van der Waals surface area contributed by atoms with Gasteiger partial charge in [-0.05, 0) is 73.2 Å². The minimum atomic E-state index is -4.33. The first-order valence-electron chi connectivity index (χ1n) is 10.4. The number of ketones is 1. The van der Waals surface area contributed by atoms with Crippen molar-refractivity contribution >= 4 is 16.7 Å². The molecule has 1 aliphatic carbocycles. The van der Waals surface area contributed by atoms with Crippen LogP contribution in [0.5, 0.6) is 0 Å². The molecular formula is C24H23F3N2O. The third kappa shape index (κ3) is 3.54. The molecular weight excluding hydrogens is 389 g/mol. The number of hydrogen-bond acceptors (Lipinski definition) is 2. The number of rotatable bonds is 3. The first kappa shape index (κ1) is 19.4. The van der Waals surface area contributed by atoms with Crippen LogP contribution in [0.2, 0.25) is 0 Å². The van der Waals surface area contributed by atoms with E-state index in [9.17, 15) is 18.0 Å². The van der Waals surface area contributed by atoms with Crippen LogP contribution in [0.15, 0.2) is 42.6 Å². The summed E-state index contributed by atoms with van der Waals surface area (Å²) in [5, 5.41) is 0.648. The number of carbonyl (C=O) groups is 1. The van der Waals surface area contributed by atoms with Crippen molar-refractivity contribution in [1.82, 2.24) is 9.88 Å². The maximum absolute atomic E-state index is 13.1. The number of aromatic amines is 1. The molecule has 6 heteroatoms. The van der Waals surface area contributed by atoms with E-state index in [0.717, 1.165) is 55.1 Å². The van der Waals surface area contributed by atoms with Gasteiger partial charge in [0.1, 0.15) is 0 Å². The number of H-pyrrole nitrogens is 1. The van der Waals surface area contributed by atoms with Crippen LogP contribution in [0.25, 0.3) is 10.9 Å². The number of piperidine rings is 1. The van der Waals surface area contributed by atoms with E-state index in [1.807, 2.05) is 12.3 Å². The Morgan fingerprint density at radius 2 is 1.83 bits per heavy atom. The lowest BCUT2D eigenvalue weighted by Gasteiger charge is -2.32. The molecule has 2 heterocycles. The molecule has 2 aromatic carbocycles. The molecule has 5 rings (SSSR count). The predicted molar refractivity (Wildman–Crippen MR) is 110 cm³/mol. The third-order valence-electron chi connectivity index (χ3n) is 6.60. The van der Waals surface area contributed by atoms with Crippen LogP contribution >= 0.6 is 0 Å². The fraction of sp³-hybridized carbons (Fsp3) is 0.375. The maximum atomic E-state index is 13.1. The number of Topliss-reactive ketones (excluding diaryl/α,β-unsaturated/α-hetero) is 1. The second-order valence-electron chi connectivity index (χ2n) is 8.46. The van der Waals surface area contributed by atoms with Crippen LogP contribution in [0, 0.1) is 0 Å². The van der Waals surface area contributed by atoms with Gasteiger partial charge in [-0.15, -0.1) is 0 Å². The van der Waals surface area contributed by atoms with Crippen LogP contribution < -0.4 is 0 Å². The Kier molecular flexibility index (Phi) is 4.69. The van der Waals surface area contributed by atoms with E-state index in [0.29, 0.717) is 24.3 Å². The Morgan fingerprint density at radius 3 is 2.60 bits per heavy atom. The van der Waals surface area contributed by atoms with Gasteiger partial charge in [0.2, 0.25) is 0 Å². The average Bonchev–Trinajstić information content (AvgIpc) is 3.31. The van der Waals surface area contributed by atoms with E-state index in [2.05, 4.69) is 22.0 Å². The summed E-state index contributed by atoms with van der Waals surface area (Å²) in [6.07, 6.45) is 1.00. The van der Waals surface area contributed by atoms with Crippen LogP contribution in [0.3, 0.4) is 0 Å². The van der Waals surface area contributed by atoms with Crippen molar-refractivity contribution in [2.75, 3.05) is 13.1 Å². The number of carbonyl (C=O) groups excluding carboxylic acids is 1. The number of aryl methyl sites for hydroxylation is 1. The Morgan fingerprint density at radius 1 is 1.03 bits per heavy atom. The van der Waals surface area contributed by atoms with Gasteiger partial charge in [-0.25, -0.2) is 0 Å². The van der Waals surface area contributed by atoms with E-state index in [1.165, 1.54) is 23.3 Å². The van der Waals surface area contributed by atoms with Gasteiger partial charge in [-0.2, -0.15) is 13.2 Å². The normalized spacial score (nSPS) is 18.3. The SMILES string of the molecule is O=C1CCc2cc(C3CCN(Cc4c[nH]c5ccc(C(F)(F)F)cc45)CC3)ccc21. The molecule has 156 valence electrons. The lowest BCUT2D eigenvalue weighted by atomic mass is 9.87. The molecule has 3 aromatic rings. The highest BCUT2D eigenvalue weighted by atomic mass is 19.4. The minimum Gasteiger partial charge on any atom is -0.361 e. The summed E-state index contributed by atoms with van der Waals surface area (Å²) in [6, 6.07) is 10.2. The number of aromatic nitrogens is 1. The second kappa shape index (κ2) is 7.27. The molecule has 1 aliphatic heterocycles. The quantitative estimate of drug-likeness (QED) is 0.599. The zero-order chi connectivity index (χ0) is 20.9. The molecule has 1 aromatic heterocycles. The van der Waals surface area contributed by atoms with Gasteiger partial charge in [0.15, 0.2) is 5.78 Å². The summed E-state index contributed by atoms with van der Waals surface area (Å²) < 4.78 is 39.2. The molecule has 0 amide bonds. The first-order valence-corrected chi connectivity index (χ1v) is 10.4. The van der Waals surface area contributed by atoms with Crippen LogP contribution in [-0.4, -0.2) is 28.8 Å². The highest BCUT2D eigenvalue weighted by Gasteiger charge is 2.31. The molecule has 0 unspecified atom stereocenters. The number of hydrogen-bond donors (Lipinski definition) is 1. The zero-order valence-electron chi connectivity index (χ0n) is 16.6. The number of fused-ring (bicyclic) bond motifs is 2. The fourth-order valence-corrected chi connectivity index (χ4v) is 4.88. The van der Waals surface area contributed by atoms with Crippen molar-refractivity contribution in [2.24, 2.45) is 0 Å². The summed E-state index contributed by atoms with van der Waals surface area (Å²) in [5.41, 5.74) is 4.41. The van der Waals surface area contributed by atoms with Crippen molar-refractivity contribution < 1.29 is 18.0 Å². The molecule has 1 N–H and O–H groups in total. The second-order valence-corrected chi connectivity index (χ2v) is 8.46. The van der Waals surface area contributed by atoms with E-state index < -0.39 is 11.7 Å². The average molecular weight is 412 g/mol. The topological polar surface area (TPSA) is 36.1 Å². The molecule has 1 saturated heterocycles. The molecule has 2 aliphatic rings. The maximum Gasteiger partial charge on any atom is 0.416 e. The Balaban J connectivity index is 1.27. The number of nitrogens with one attached hydrogen (secondary N) is 1. The van der Waals surface area contributed by atoms with Crippen molar-refractivity contribution in [3.05, 3.63) is 70.4 Å². The Bertz CT molecular complexity index is 1110. The van der Waals surface area contributed by atoms with Crippen LogP contribution in [0.4, 0.5) is 13.2 Å². The van der Waals surface area contributed by atoms with Crippen molar-refractivity contribution in [1.29, 1.82) is 0 Å². The molecule has 0 spiro atoms. The zero-order valence-corrected chi connectivity index (χ0v) is 16.6. The Hall–Kier alpha value is -2.60. The molecule has 3 nitrogen and oxygen atoms in total. The monoisotopic (exact) mass is 412 g/mol. The van der Waals surface area contributed by atoms with Crippen LogP contribution in [-0.2, 0) is 19.1 Å². The molecule has 30 heavy (non-hydrogen) atoms. The van der Waals surface area contributed by atoms with Gasteiger partial charge in [0.25, 0.3) is 0 Å². The van der Waals surface area contributed by atoms with Gasteiger partial charge >= 0.3 is 6.18 Å². The first-order chi connectivity index (χ1) is 14.4. The summed E-state index contributed by atoms with van der Waals surface area (Å²) in [7, 11) is 0. The lowest BCUT2D eigenvalue weighted by Crippen LogP contribution is -2.32. The predicted octanol–water partition coefficient (Wildman–Crippen LogP) is 5.70. The number of benzene rings is 2. The highest BCUT2D eigenvalue weighted by molar-refractivity contribution is 6.00. The summed E-state index contributed by atoms with van der Waals surface area (Å²) >= 11 is 0. The summed E-state index contributed by atoms with van der Waals surface area (Å²) in [5.74, 6) is 0.723. The summed E-state index contributed by atoms with van der Waals surface area (Å²) in [6.45, 7) is 2.46. The highest BCUT2D eigenvalue weighted by Crippen LogP contribution is 2.34. The molecule has 1 fully saturated rings. The lowest BCUT2D eigenvalue weighted by molar-refractivity contribution is -0.137. The van der Waals surface area contributed by atoms with Crippen LogP contribution in [0.1, 0.15) is 57.8 Å². The van der Waals surface area contributed by atoms with Gasteiger partial charge in [0.05, 0.1) is 5.56 Å². The fourth-order valence-electron chi connectivity index (χ4n) is 4.88. The van der Waals surface area contributed by atoms with E-state index >= 15 is 0 Å². The van der Waals surface area contributed by atoms with Gasteiger partial charge in [0, 0.05) is 35.6 Å². The smallest absolute Gasteiger partial charge is 0.361 e. The van der Waals surface area contributed by atoms with E-state index in [1.54, 1.807) is 0 Å². The largest absolute Gasteiger partial charge is 0.416 e. The van der Waals surface area contributed by atoms with E-state index in [4.69, 9.17) is 0 Å². The molecule has 0 saturated carbocycles. The molecule has 0 radical (unpaired) electrons. The van der Waals surface area contributed by atoms with Gasteiger partial charge < -0.3 is 4.98 Å². The van der Waals surface area contributed by atoms with Crippen molar-refractivity contribution in [3.63, 3.8) is 0 Å². The number of nitrogens with zero attached hydrogens (tertiary/aromatic N) is 1. The van der Waals surface area contributed by atoms with Gasteiger partial charge in [-0.1, -0.05) is 18.2 Å². The minimum absolute atomic E-state index is 0.249.